The van der Waals surface area contributed by atoms with Crippen molar-refractivity contribution in [3.05, 3.63) is 41.7 Å². The Hall–Kier alpha value is -1.97. The topological polar surface area (TPSA) is 43.6 Å². The van der Waals surface area contributed by atoms with Crippen LogP contribution in [0.4, 0.5) is 0 Å². The minimum Gasteiger partial charge on any atom is -0.167 e. The van der Waals surface area contributed by atoms with Gasteiger partial charge in [0.15, 0.2) is 5.82 Å². The van der Waals surface area contributed by atoms with E-state index in [4.69, 9.17) is 0 Å². The van der Waals surface area contributed by atoms with E-state index in [0.717, 1.165) is 5.56 Å². The number of nitrogens with zero attached hydrogens (tertiary/aromatic N) is 4. The van der Waals surface area contributed by atoms with Crippen LogP contribution in [0.15, 0.2) is 30.3 Å². The maximum atomic E-state index is 4.03. The summed E-state index contributed by atoms with van der Waals surface area (Å²) in [7, 11) is 1.74. The molecule has 0 aliphatic heterocycles. The van der Waals surface area contributed by atoms with Crippen LogP contribution in [0.3, 0.4) is 0 Å². The van der Waals surface area contributed by atoms with E-state index >= 15 is 0 Å². The lowest BCUT2D eigenvalue weighted by molar-refractivity contribution is 0.629. The molecule has 0 bridgehead atoms. The van der Waals surface area contributed by atoms with E-state index in [-0.39, 0.29) is 0 Å². The van der Waals surface area contributed by atoms with Gasteiger partial charge in [0, 0.05) is 0 Å². The van der Waals surface area contributed by atoms with Gasteiger partial charge in [0.05, 0.1) is 7.05 Å². The molecule has 0 unspecified atom stereocenters. The van der Waals surface area contributed by atoms with Gasteiger partial charge in [0.2, 0.25) is 0 Å². The van der Waals surface area contributed by atoms with Crippen molar-refractivity contribution >= 4 is 12.2 Å². The van der Waals surface area contributed by atoms with Gasteiger partial charge in [-0.15, -0.1) is 10.2 Å². The highest BCUT2D eigenvalue weighted by Gasteiger charge is 1.92. The highest BCUT2D eigenvalue weighted by atomic mass is 15.6. The molecule has 0 aliphatic rings. The van der Waals surface area contributed by atoms with Crippen molar-refractivity contribution in [1.29, 1.82) is 0 Å². The van der Waals surface area contributed by atoms with Gasteiger partial charge < -0.3 is 0 Å². The van der Waals surface area contributed by atoms with Gasteiger partial charge in [-0.05, 0) is 16.9 Å². The van der Waals surface area contributed by atoms with Crippen LogP contribution in [0.1, 0.15) is 11.4 Å². The van der Waals surface area contributed by atoms with Crippen LogP contribution in [0.2, 0.25) is 0 Å². The molecule has 0 N–H and O–H groups in total. The first-order valence-corrected chi connectivity index (χ1v) is 4.32. The Morgan fingerprint density at radius 3 is 2.57 bits per heavy atom. The Balaban J connectivity index is 2.15. The molecule has 0 saturated carbocycles. The van der Waals surface area contributed by atoms with Crippen molar-refractivity contribution in [3.8, 4) is 0 Å². The van der Waals surface area contributed by atoms with Gasteiger partial charge >= 0.3 is 0 Å². The molecule has 0 aliphatic carbocycles. The summed E-state index contributed by atoms with van der Waals surface area (Å²) >= 11 is 0. The molecular weight excluding hydrogens is 176 g/mol. The van der Waals surface area contributed by atoms with Crippen LogP contribution in [0, 0.1) is 0 Å². The first-order chi connectivity index (χ1) is 6.84. The summed E-state index contributed by atoms with van der Waals surface area (Å²) in [5.41, 5.74) is 1.12. The molecule has 1 aromatic heterocycles. The van der Waals surface area contributed by atoms with Gasteiger partial charge in [-0.2, -0.15) is 4.80 Å². The molecule has 4 heteroatoms. The first-order valence-electron chi connectivity index (χ1n) is 4.32. The second-order valence-electron chi connectivity index (χ2n) is 2.88. The van der Waals surface area contributed by atoms with E-state index in [0.29, 0.717) is 5.82 Å². The van der Waals surface area contributed by atoms with E-state index in [2.05, 4.69) is 15.4 Å². The first kappa shape index (κ1) is 8.62. The number of benzene rings is 1. The maximum Gasteiger partial charge on any atom is 0.197 e. The Morgan fingerprint density at radius 1 is 1.14 bits per heavy atom. The quantitative estimate of drug-likeness (QED) is 0.711. The number of hydrogen-bond acceptors (Lipinski definition) is 3. The van der Waals surface area contributed by atoms with Crippen LogP contribution < -0.4 is 0 Å². The van der Waals surface area contributed by atoms with E-state index in [9.17, 15) is 0 Å². The fourth-order valence-electron chi connectivity index (χ4n) is 1.10. The van der Waals surface area contributed by atoms with Gasteiger partial charge in [0.25, 0.3) is 0 Å². The fraction of sp³-hybridized carbons (Fsp3) is 0.100. The van der Waals surface area contributed by atoms with Crippen molar-refractivity contribution < 1.29 is 0 Å². The van der Waals surface area contributed by atoms with Crippen molar-refractivity contribution in [2.24, 2.45) is 7.05 Å². The zero-order chi connectivity index (χ0) is 9.80. The van der Waals surface area contributed by atoms with Gasteiger partial charge in [-0.1, -0.05) is 36.4 Å². The molecule has 1 heterocycles. The fourth-order valence-corrected chi connectivity index (χ4v) is 1.10. The molecule has 4 nitrogen and oxygen atoms in total. The van der Waals surface area contributed by atoms with E-state index < -0.39 is 0 Å². The minimum absolute atomic E-state index is 0.622. The van der Waals surface area contributed by atoms with Crippen molar-refractivity contribution in [3.63, 3.8) is 0 Å². The summed E-state index contributed by atoms with van der Waals surface area (Å²) in [5, 5.41) is 11.6. The third-order valence-corrected chi connectivity index (χ3v) is 1.75. The molecule has 0 saturated heterocycles. The van der Waals surface area contributed by atoms with Crippen LogP contribution >= 0.6 is 0 Å². The Labute approximate surface area is 81.9 Å². The third-order valence-electron chi connectivity index (χ3n) is 1.75. The molecule has 14 heavy (non-hydrogen) atoms. The highest BCUT2D eigenvalue weighted by Crippen LogP contribution is 2.03. The summed E-state index contributed by atoms with van der Waals surface area (Å²) in [5.74, 6) is 0.622. The molecule has 70 valence electrons. The number of aromatic nitrogens is 4. The summed E-state index contributed by atoms with van der Waals surface area (Å²) in [6.07, 6.45) is 3.79. The zero-order valence-corrected chi connectivity index (χ0v) is 7.83. The Kier molecular flexibility index (Phi) is 2.36. The second-order valence-corrected chi connectivity index (χ2v) is 2.88. The maximum absolute atomic E-state index is 4.03. The molecule has 0 spiro atoms. The Morgan fingerprint density at radius 2 is 1.93 bits per heavy atom. The lowest BCUT2D eigenvalue weighted by Gasteiger charge is -1.88. The zero-order valence-electron chi connectivity index (χ0n) is 7.83. The molecule has 2 rings (SSSR count). The SMILES string of the molecule is Cn1nnc(C=Cc2ccccc2)n1. The van der Waals surface area contributed by atoms with Gasteiger partial charge in [0.1, 0.15) is 0 Å². The molecule has 2 aromatic rings. The lowest BCUT2D eigenvalue weighted by Crippen LogP contribution is -1.91. The average Bonchev–Trinajstić information content (AvgIpc) is 2.63. The third kappa shape index (κ3) is 2.04. The molecular formula is C10H10N4. The predicted molar refractivity (Wildman–Crippen MR) is 54.2 cm³/mol. The van der Waals surface area contributed by atoms with Crippen LogP contribution in [0.25, 0.3) is 12.2 Å². The van der Waals surface area contributed by atoms with Crippen molar-refractivity contribution in [2.45, 2.75) is 0 Å². The van der Waals surface area contributed by atoms with E-state index in [1.807, 2.05) is 42.5 Å². The summed E-state index contributed by atoms with van der Waals surface area (Å²) in [6.45, 7) is 0. The average molecular weight is 186 g/mol. The van der Waals surface area contributed by atoms with Crippen molar-refractivity contribution in [2.75, 3.05) is 0 Å². The Bertz CT molecular complexity index is 430. The predicted octanol–water partition coefficient (Wildman–Crippen LogP) is 1.38. The van der Waals surface area contributed by atoms with Crippen LogP contribution in [-0.2, 0) is 7.05 Å². The molecule has 0 amide bonds. The van der Waals surface area contributed by atoms with Crippen LogP contribution in [0.5, 0.6) is 0 Å². The molecule has 0 radical (unpaired) electrons. The molecule has 0 atom stereocenters. The highest BCUT2D eigenvalue weighted by molar-refractivity contribution is 5.65. The van der Waals surface area contributed by atoms with Crippen molar-refractivity contribution in [1.82, 2.24) is 20.2 Å². The summed E-state index contributed by atoms with van der Waals surface area (Å²) in [6, 6.07) is 10.0. The van der Waals surface area contributed by atoms with Crippen LogP contribution in [-0.4, -0.2) is 20.2 Å². The summed E-state index contributed by atoms with van der Waals surface area (Å²) < 4.78 is 0. The lowest BCUT2D eigenvalue weighted by atomic mass is 10.2. The van der Waals surface area contributed by atoms with E-state index in [1.54, 1.807) is 7.05 Å². The van der Waals surface area contributed by atoms with Gasteiger partial charge in [-0.25, -0.2) is 0 Å². The normalized spacial score (nSPS) is 10.9. The standard InChI is InChI=1S/C10H10N4/c1-14-12-10(11-13-14)8-7-9-5-3-2-4-6-9/h2-8H,1H3. The molecule has 1 aromatic carbocycles. The minimum atomic E-state index is 0.622. The second kappa shape index (κ2) is 3.83. The largest absolute Gasteiger partial charge is 0.197 e. The monoisotopic (exact) mass is 186 g/mol. The van der Waals surface area contributed by atoms with Gasteiger partial charge in [-0.3, -0.25) is 0 Å². The number of aryl methyl sites for hydroxylation is 1. The summed E-state index contributed by atoms with van der Waals surface area (Å²) in [4.78, 5) is 1.44. The number of rotatable bonds is 2. The smallest absolute Gasteiger partial charge is 0.167 e. The molecule has 0 fully saturated rings. The number of tetrazole rings is 1. The van der Waals surface area contributed by atoms with E-state index in [1.165, 1.54) is 4.80 Å². The number of hydrogen-bond donors (Lipinski definition) is 0.